The first kappa shape index (κ1) is 9.84. The number of rotatable bonds is 5. The second-order valence-corrected chi connectivity index (χ2v) is 2.30. The first-order valence-corrected chi connectivity index (χ1v) is 3.46. The lowest BCUT2D eigenvalue weighted by Crippen LogP contribution is -2.46. The van der Waals surface area contributed by atoms with Gasteiger partial charge >= 0.3 is 0 Å². The van der Waals surface area contributed by atoms with Crippen LogP contribution in [0.25, 0.3) is 0 Å². The molecule has 0 heterocycles. The first-order chi connectivity index (χ1) is 4.68. The molecular formula is C6H16N2O2. The number of nitrogens with two attached hydrogens (primary N) is 1. The fourth-order valence-corrected chi connectivity index (χ4v) is 0.518. The largest absolute Gasteiger partial charge is 0.396 e. The average Bonchev–Trinajstić information content (AvgIpc) is 1.88. The average molecular weight is 148 g/mol. The third kappa shape index (κ3) is 4.69. The van der Waals surface area contributed by atoms with E-state index in [9.17, 15) is 0 Å². The maximum absolute atomic E-state index is 8.87. The van der Waals surface area contributed by atoms with Crippen molar-refractivity contribution < 1.29 is 10.2 Å². The van der Waals surface area contributed by atoms with Crippen LogP contribution in [0.3, 0.4) is 0 Å². The van der Waals surface area contributed by atoms with Crippen LogP contribution in [0.15, 0.2) is 0 Å². The Labute approximate surface area is 61.0 Å². The zero-order chi connectivity index (χ0) is 7.98. The summed E-state index contributed by atoms with van der Waals surface area (Å²) in [4.78, 5) is 0. The third-order valence-corrected chi connectivity index (χ3v) is 1.23. The van der Waals surface area contributed by atoms with E-state index < -0.39 is 6.10 Å². The molecule has 62 valence electrons. The molecule has 0 aromatic heterocycles. The van der Waals surface area contributed by atoms with Gasteiger partial charge in [0.1, 0.15) is 0 Å². The van der Waals surface area contributed by atoms with Crippen molar-refractivity contribution in [1.82, 2.24) is 5.32 Å². The third-order valence-electron chi connectivity index (χ3n) is 1.23. The zero-order valence-electron chi connectivity index (χ0n) is 6.25. The molecule has 0 saturated heterocycles. The molecule has 0 aromatic carbocycles. The van der Waals surface area contributed by atoms with Crippen LogP contribution in [0.1, 0.15) is 13.3 Å². The highest BCUT2D eigenvalue weighted by atomic mass is 16.3. The summed E-state index contributed by atoms with van der Waals surface area (Å²) >= 11 is 0. The minimum Gasteiger partial charge on any atom is -0.396 e. The second kappa shape index (κ2) is 5.61. The number of aliphatic hydroxyl groups excluding tert-OH is 2. The van der Waals surface area contributed by atoms with Gasteiger partial charge in [0.05, 0.1) is 12.3 Å². The van der Waals surface area contributed by atoms with E-state index in [2.05, 4.69) is 5.32 Å². The molecule has 0 aromatic rings. The molecule has 0 aliphatic heterocycles. The van der Waals surface area contributed by atoms with Gasteiger partial charge in [0.2, 0.25) is 0 Å². The Morgan fingerprint density at radius 2 is 2.20 bits per heavy atom. The van der Waals surface area contributed by atoms with Crippen molar-refractivity contribution in [2.45, 2.75) is 25.6 Å². The molecule has 0 saturated carbocycles. The zero-order valence-corrected chi connectivity index (χ0v) is 6.25. The maximum atomic E-state index is 8.87. The Morgan fingerprint density at radius 3 is 2.60 bits per heavy atom. The van der Waals surface area contributed by atoms with Crippen LogP contribution in [0.5, 0.6) is 0 Å². The number of nitrogens with one attached hydrogen (secondary N) is 1. The minimum atomic E-state index is -0.543. The molecule has 10 heavy (non-hydrogen) atoms. The molecular weight excluding hydrogens is 132 g/mol. The number of hydrogen-bond acceptors (Lipinski definition) is 4. The van der Waals surface area contributed by atoms with Gasteiger partial charge < -0.3 is 15.9 Å². The van der Waals surface area contributed by atoms with Gasteiger partial charge in [-0.05, 0) is 19.9 Å². The van der Waals surface area contributed by atoms with Gasteiger partial charge in [-0.15, -0.1) is 0 Å². The Kier molecular flexibility index (Phi) is 5.52. The van der Waals surface area contributed by atoms with Crippen LogP contribution in [-0.2, 0) is 0 Å². The lowest BCUT2D eigenvalue weighted by molar-refractivity contribution is 0.146. The van der Waals surface area contributed by atoms with Gasteiger partial charge in [-0.1, -0.05) is 0 Å². The van der Waals surface area contributed by atoms with E-state index in [1.54, 1.807) is 6.92 Å². The van der Waals surface area contributed by atoms with E-state index in [0.29, 0.717) is 13.0 Å². The van der Waals surface area contributed by atoms with E-state index in [0.717, 1.165) is 0 Å². The van der Waals surface area contributed by atoms with Crippen LogP contribution < -0.4 is 11.1 Å². The SMILES string of the molecule is CC(O)C(N)NCCCO. The van der Waals surface area contributed by atoms with Gasteiger partial charge in [0, 0.05) is 6.61 Å². The molecule has 0 aliphatic rings. The minimum absolute atomic E-state index is 0.152. The summed E-state index contributed by atoms with van der Waals surface area (Å²) in [6.07, 6.45) is -0.259. The fraction of sp³-hybridized carbons (Fsp3) is 1.00. The highest BCUT2D eigenvalue weighted by Gasteiger charge is 2.05. The van der Waals surface area contributed by atoms with Crippen LogP contribution >= 0.6 is 0 Å². The van der Waals surface area contributed by atoms with E-state index in [4.69, 9.17) is 15.9 Å². The van der Waals surface area contributed by atoms with E-state index in [1.807, 2.05) is 0 Å². The molecule has 5 N–H and O–H groups in total. The second-order valence-electron chi connectivity index (χ2n) is 2.30. The molecule has 0 aliphatic carbocycles. The van der Waals surface area contributed by atoms with Crippen LogP contribution in [0.2, 0.25) is 0 Å². The van der Waals surface area contributed by atoms with Gasteiger partial charge in [-0.25, -0.2) is 0 Å². The summed E-state index contributed by atoms with van der Waals surface area (Å²) in [7, 11) is 0. The van der Waals surface area contributed by atoms with Crippen LogP contribution in [-0.4, -0.2) is 35.6 Å². The topological polar surface area (TPSA) is 78.5 Å². The summed E-state index contributed by atoms with van der Waals surface area (Å²) in [5.74, 6) is 0. The Hall–Kier alpha value is -0.160. The van der Waals surface area contributed by atoms with Crippen molar-refractivity contribution in [3.63, 3.8) is 0 Å². The highest BCUT2D eigenvalue weighted by molar-refractivity contribution is 4.63. The van der Waals surface area contributed by atoms with E-state index in [-0.39, 0.29) is 12.8 Å². The Balaban J connectivity index is 3.13. The molecule has 0 bridgehead atoms. The Bertz CT molecular complexity index is 78.1. The standard InChI is InChI=1S/C6H16N2O2/c1-5(10)6(7)8-3-2-4-9/h5-6,8-10H,2-4,7H2,1H3. The van der Waals surface area contributed by atoms with Crippen molar-refractivity contribution in [3.05, 3.63) is 0 Å². The maximum Gasteiger partial charge on any atom is 0.0811 e. The van der Waals surface area contributed by atoms with E-state index >= 15 is 0 Å². The normalized spacial score (nSPS) is 16.8. The molecule has 2 atom stereocenters. The van der Waals surface area contributed by atoms with Crippen LogP contribution in [0, 0.1) is 0 Å². The number of hydrogen-bond donors (Lipinski definition) is 4. The lowest BCUT2D eigenvalue weighted by Gasteiger charge is -2.15. The predicted molar refractivity (Wildman–Crippen MR) is 39.4 cm³/mol. The molecule has 2 unspecified atom stereocenters. The summed E-state index contributed by atoms with van der Waals surface area (Å²) < 4.78 is 0. The van der Waals surface area contributed by atoms with Crippen molar-refractivity contribution in [1.29, 1.82) is 0 Å². The van der Waals surface area contributed by atoms with E-state index in [1.165, 1.54) is 0 Å². The Morgan fingerprint density at radius 1 is 1.60 bits per heavy atom. The predicted octanol–water partition coefficient (Wildman–Crippen LogP) is -1.38. The summed E-state index contributed by atoms with van der Waals surface area (Å²) in [6.45, 7) is 2.42. The summed E-state index contributed by atoms with van der Waals surface area (Å²) in [5, 5.41) is 20.1. The highest BCUT2D eigenvalue weighted by Crippen LogP contribution is 1.83. The van der Waals surface area contributed by atoms with Crippen LogP contribution in [0.4, 0.5) is 0 Å². The van der Waals surface area contributed by atoms with Gasteiger partial charge in [0.15, 0.2) is 0 Å². The summed E-state index contributed by atoms with van der Waals surface area (Å²) in [5.41, 5.74) is 5.41. The fourth-order valence-electron chi connectivity index (χ4n) is 0.518. The molecule has 0 spiro atoms. The molecule has 0 amide bonds. The molecule has 0 rings (SSSR count). The van der Waals surface area contributed by atoms with Crippen molar-refractivity contribution in [3.8, 4) is 0 Å². The first-order valence-electron chi connectivity index (χ1n) is 3.46. The molecule has 0 fully saturated rings. The molecule has 0 radical (unpaired) electrons. The van der Waals surface area contributed by atoms with Crippen molar-refractivity contribution >= 4 is 0 Å². The van der Waals surface area contributed by atoms with Gasteiger partial charge in [0.25, 0.3) is 0 Å². The monoisotopic (exact) mass is 148 g/mol. The van der Waals surface area contributed by atoms with Crippen molar-refractivity contribution in [2.24, 2.45) is 5.73 Å². The van der Waals surface area contributed by atoms with Crippen molar-refractivity contribution in [2.75, 3.05) is 13.2 Å². The lowest BCUT2D eigenvalue weighted by atomic mass is 10.3. The molecule has 4 nitrogen and oxygen atoms in total. The number of aliphatic hydroxyl groups is 2. The smallest absolute Gasteiger partial charge is 0.0811 e. The van der Waals surface area contributed by atoms with Gasteiger partial charge in [-0.3, -0.25) is 5.32 Å². The summed E-state index contributed by atoms with van der Waals surface area (Å²) in [6, 6.07) is 0. The quantitative estimate of drug-likeness (QED) is 0.286. The molecule has 4 heteroatoms. The van der Waals surface area contributed by atoms with Gasteiger partial charge in [-0.2, -0.15) is 0 Å².